The fraction of sp³-hybridized carbons (Fsp3) is 0.478. The van der Waals surface area contributed by atoms with Crippen molar-refractivity contribution in [3.63, 3.8) is 0 Å². The van der Waals surface area contributed by atoms with Gasteiger partial charge in [0.1, 0.15) is 19.3 Å². The zero-order chi connectivity index (χ0) is 51.7. The minimum Gasteiger partial charge on any atom is -0.454 e. The van der Waals surface area contributed by atoms with Gasteiger partial charge in [-0.15, -0.1) is 0 Å². The van der Waals surface area contributed by atoms with Gasteiger partial charge in [-0.1, -0.05) is 18.7 Å². The summed E-state index contributed by atoms with van der Waals surface area (Å²) in [5, 5.41) is 32.0. The van der Waals surface area contributed by atoms with E-state index in [2.05, 4.69) is 4.90 Å². The number of imide groups is 1. The number of hydrogen-bond donors (Lipinski definition) is 0. The van der Waals surface area contributed by atoms with Crippen molar-refractivity contribution in [1.29, 1.82) is 0 Å². The third kappa shape index (κ3) is 13.8. The fourth-order valence-electron chi connectivity index (χ4n) is 8.61. The molecule has 0 aliphatic carbocycles. The van der Waals surface area contributed by atoms with Crippen LogP contribution in [-0.4, -0.2) is 147 Å². The molecule has 6 rings (SSSR count). The second kappa shape index (κ2) is 23.5. The largest absolute Gasteiger partial charge is 0.454 e. The number of amides is 4. The van der Waals surface area contributed by atoms with Gasteiger partial charge in [-0.2, -0.15) is 0 Å². The van der Waals surface area contributed by atoms with E-state index in [0.717, 1.165) is 17.3 Å². The lowest BCUT2D eigenvalue weighted by molar-refractivity contribution is -0.385. The van der Waals surface area contributed by atoms with Crippen LogP contribution in [0.1, 0.15) is 37.0 Å². The Labute approximate surface area is 413 Å². The van der Waals surface area contributed by atoms with Gasteiger partial charge in [-0.05, 0) is 86.1 Å². The number of non-ortho nitro benzene ring substituents is 3. The average Bonchev–Trinajstić information content (AvgIpc) is 3.76. The van der Waals surface area contributed by atoms with Crippen LogP contribution in [0.2, 0.25) is 19.6 Å². The van der Waals surface area contributed by atoms with Gasteiger partial charge in [0, 0.05) is 86.8 Å². The van der Waals surface area contributed by atoms with Gasteiger partial charge in [0.2, 0.25) is 11.8 Å². The molecule has 0 saturated carbocycles. The van der Waals surface area contributed by atoms with Gasteiger partial charge in [0.15, 0.2) is 13.4 Å². The number of nitro benzene ring substituents is 3. The lowest BCUT2D eigenvalue weighted by Gasteiger charge is -2.50. The molecular weight excluding hydrogens is 967 g/mol. The zero-order valence-electron chi connectivity index (χ0n) is 39.7. The Morgan fingerprint density at radius 3 is 1.72 bits per heavy atom. The van der Waals surface area contributed by atoms with E-state index >= 15 is 0 Å². The third-order valence-electron chi connectivity index (χ3n) is 12.3. The summed E-state index contributed by atoms with van der Waals surface area (Å²) in [6.07, 6.45) is -1.55. The number of nitrogens with zero attached hydrogens (tertiary/aromatic N) is 7. The number of nitro groups is 3. The number of esters is 1. The molecular formula is C46H55N7O16SSi. The van der Waals surface area contributed by atoms with Crippen molar-refractivity contribution in [3.05, 3.63) is 120 Å². The standard InChI is InChI=1S/C46H55N7O16SSi/c1-29(40-39(30(2)69-71(3,4)5)42(55)50(40)43(56)44(57)67-27-32-8-14-35(15-9-32)52(62)63)45(58)70-37-24-38(49(25-37)46(59)68-28-33-10-16-36(17-11-33)53(64)65)41(54)48-20-18-47(19-21-48)22-23-66-26-31-6-12-34(13-7-31)51(60)61/h6-17,29-30,37-40H,18-28H2,1-5H3/t29-,30-,37+,38+,39-,40-/m1/s1. The third-order valence-corrected chi connectivity index (χ3v) is 14.6. The fourth-order valence-corrected chi connectivity index (χ4v) is 11.1. The highest BCUT2D eigenvalue weighted by molar-refractivity contribution is 8.14. The second-order valence-electron chi connectivity index (χ2n) is 18.3. The van der Waals surface area contributed by atoms with Crippen LogP contribution in [0.25, 0.3) is 0 Å². The number of piperazine rings is 1. The van der Waals surface area contributed by atoms with Crippen LogP contribution in [0.5, 0.6) is 0 Å². The molecule has 23 nitrogen and oxygen atoms in total. The number of β-lactam (4-membered cyclic amide) rings is 1. The molecule has 6 atom stereocenters. The summed E-state index contributed by atoms with van der Waals surface area (Å²) < 4.78 is 22.8. The van der Waals surface area contributed by atoms with E-state index < -0.39 is 94.0 Å². The minimum atomic E-state index is -2.28. The number of benzene rings is 3. The Balaban J connectivity index is 1.11. The normalized spacial score (nSPS) is 20.1. The minimum absolute atomic E-state index is 0.0154. The molecule has 3 aromatic carbocycles. The van der Waals surface area contributed by atoms with Crippen LogP contribution in [0, 0.1) is 42.2 Å². The van der Waals surface area contributed by atoms with E-state index in [9.17, 15) is 59.1 Å². The van der Waals surface area contributed by atoms with Crippen molar-refractivity contribution in [2.45, 2.75) is 83.2 Å². The van der Waals surface area contributed by atoms with Crippen LogP contribution in [0.15, 0.2) is 72.8 Å². The molecule has 4 amide bonds. The van der Waals surface area contributed by atoms with E-state index in [4.69, 9.17) is 18.6 Å². The molecule has 3 saturated heterocycles. The summed E-state index contributed by atoms with van der Waals surface area (Å²) in [6, 6.07) is 14.5. The van der Waals surface area contributed by atoms with Crippen molar-refractivity contribution in [1.82, 2.24) is 19.6 Å². The average molecular weight is 1020 g/mol. The van der Waals surface area contributed by atoms with Gasteiger partial charge < -0.3 is 23.5 Å². The molecule has 0 aromatic heterocycles. The first-order valence-corrected chi connectivity index (χ1v) is 27.0. The highest BCUT2D eigenvalue weighted by Crippen LogP contribution is 2.41. The number of thioether (sulfide) groups is 1. The first kappa shape index (κ1) is 53.7. The first-order chi connectivity index (χ1) is 33.6. The molecule has 0 bridgehead atoms. The quantitative estimate of drug-likeness (QED) is 0.0288. The van der Waals surface area contributed by atoms with Crippen LogP contribution >= 0.6 is 11.8 Å². The summed E-state index contributed by atoms with van der Waals surface area (Å²) in [7, 11) is -2.28. The van der Waals surface area contributed by atoms with Crippen LogP contribution in [0.3, 0.4) is 0 Å². The highest BCUT2D eigenvalue weighted by atomic mass is 32.2. The monoisotopic (exact) mass is 1020 g/mol. The number of hydrogen-bond acceptors (Lipinski definition) is 18. The van der Waals surface area contributed by atoms with Crippen LogP contribution in [0.4, 0.5) is 21.9 Å². The van der Waals surface area contributed by atoms with Crippen LogP contribution < -0.4 is 0 Å². The van der Waals surface area contributed by atoms with Crippen LogP contribution in [-0.2, 0) is 62.4 Å². The van der Waals surface area contributed by atoms with Gasteiger partial charge in [-0.25, -0.2) is 9.59 Å². The summed E-state index contributed by atoms with van der Waals surface area (Å²) in [4.78, 5) is 120. The Morgan fingerprint density at radius 1 is 0.732 bits per heavy atom. The molecule has 3 fully saturated rings. The number of carbonyl (C=O) groups is 6. The SMILES string of the molecule is C[C@@H](O[Si](C)(C)C)[C@H]1C(=O)N(C(=O)C(=O)OCc2ccc([N+](=O)[O-])cc2)[C@@H]1[C@@H](C)C(=O)S[C@H]1C[C@@H](C(=O)N2CCN(CCOCc3ccc([N+](=O)[O-])cc3)CC2)N(C(=O)OCc2ccc([N+](=O)[O-])cc2)C1. The lowest BCUT2D eigenvalue weighted by atomic mass is 9.76. The molecule has 3 aliphatic rings. The maximum absolute atomic E-state index is 14.3. The summed E-state index contributed by atoms with van der Waals surface area (Å²) in [5.41, 5.74) is 1.23. The van der Waals surface area contributed by atoms with Crippen molar-refractivity contribution < 1.29 is 62.2 Å². The highest BCUT2D eigenvalue weighted by Gasteiger charge is 2.59. The molecule has 0 radical (unpaired) electrons. The lowest BCUT2D eigenvalue weighted by Crippen LogP contribution is -2.70. The smallest absolute Gasteiger partial charge is 0.410 e. The molecule has 0 spiro atoms. The Kier molecular flexibility index (Phi) is 17.8. The maximum atomic E-state index is 14.3. The van der Waals surface area contributed by atoms with Crippen molar-refractivity contribution in [2.75, 3.05) is 45.9 Å². The molecule has 0 unspecified atom stereocenters. The molecule has 0 N–H and O–H groups in total. The summed E-state index contributed by atoms with van der Waals surface area (Å²) >= 11 is 0.853. The molecule has 71 heavy (non-hydrogen) atoms. The molecule has 3 heterocycles. The molecule has 380 valence electrons. The zero-order valence-corrected chi connectivity index (χ0v) is 41.6. The number of carbonyl (C=O) groups excluding carboxylic acids is 6. The topological polar surface area (TPSA) is 282 Å². The van der Waals surface area contributed by atoms with Crippen molar-refractivity contribution in [3.8, 4) is 0 Å². The summed E-state index contributed by atoms with van der Waals surface area (Å²) in [5.74, 6) is -5.82. The molecule has 25 heteroatoms. The van der Waals surface area contributed by atoms with E-state index in [1.165, 1.54) is 72.5 Å². The van der Waals surface area contributed by atoms with E-state index in [-0.39, 0.29) is 49.1 Å². The van der Waals surface area contributed by atoms with E-state index in [0.29, 0.717) is 55.4 Å². The summed E-state index contributed by atoms with van der Waals surface area (Å²) in [6.45, 7) is 11.0. The predicted molar refractivity (Wildman–Crippen MR) is 256 cm³/mol. The predicted octanol–water partition coefficient (Wildman–Crippen LogP) is 5.08. The van der Waals surface area contributed by atoms with Gasteiger partial charge in [0.05, 0.1) is 46.0 Å². The van der Waals surface area contributed by atoms with E-state index in [1.807, 2.05) is 19.6 Å². The number of rotatable bonds is 19. The Bertz CT molecular complexity index is 2490. The second-order valence-corrected chi connectivity index (χ2v) is 24.1. The Hall–Kier alpha value is -6.67. The molecule has 3 aliphatic heterocycles. The number of ether oxygens (including phenoxy) is 3. The van der Waals surface area contributed by atoms with Gasteiger partial charge in [0.25, 0.3) is 17.1 Å². The van der Waals surface area contributed by atoms with E-state index in [1.54, 1.807) is 24.0 Å². The Morgan fingerprint density at radius 2 is 1.23 bits per heavy atom. The van der Waals surface area contributed by atoms with Gasteiger partial charge >= 0.3 is 18.0 Å². The van der Waals surface area contributed by atoms with Crippen molar-refractivity contribution >= 4 is 72.0 Å². The van der Waals surface area contributed by atoms with Crippen molar-refractivity contribution in [2.24, 2.45) is 11.8 Å². The van der Waals surface area contributed by atoms with Gasteiger partial charge in [-0.3, -0.25) is 64.2 Å². The first-order valence-electron chi connectivity index (χ1n) is 22.8. The molecule has 3 aromatic rings. The number of likely N-dealkylation sites (tertiary alicyclic amines) is 2. The maximum Gasteiger partial charge on any atom is 0.410 e.